The first kappa shape index (κ1) is 14.9. The summed E-state index contributed by atoms with van der Waals surface area (Å²) >= 11 is 0. The Hall–Kier alpha value is -1.14. The highest BCUT2D eigenvalue weighted by molar-refractivity contribution is 5.76. The zero-order chi connectivity index (χ0) is 12.4. The molecule has 0 aromatic heterocycles. The van der Waals surface area contributed by atoms with Crippen molar-refractivity contribution < 1.29 is 29.2 Å². The Morgan fingerprint density at radius 1 is 1.12 bits per heavy atom. The van der Waals surface area contributed by atoms with Crippen LogP contribution in [-0.2, 0) is 24.1 Å². The van der Waals surface area contributed by atoms with Gasteiger partial charge < -0.3 is 9.84 Å². The Kier molecular flexibility index (Phi) is 8.46. The third-order valence-corrected chi connectivity index (χ3v) is 1.46. The summed E-state index contributed by atoms with van der Waals surface area (Å²) in [5.41, 5.74) is 0. The first-order valence-electron chi connectivity index (χ1n) is 5.14. The topological polar surface area (TPSA) is 82.1 Å². The van der Waals surface area contributed by atoms with E-state index in [2.05, 4.69) is 0 Å². The van der Waals surface area contributed by atoms with Crippen LogP contribution >= 0.6 is 0 Å². The lowest BCUT2D eigenvalue weighted by atomic mass is 10.2. The fourth-order valence-electron chi connectivity index (χ4n) is 0.714. The molecule has 0 spiro atoms. The second-order valence-electron chi connectivity index (χ2n) is 3.61. The molecule has 0 aliphatic heterocycles. The van der Waals surface area contributed by atoms with E-state index in [0.29, 0.717) is 12.5 Å². The summed E-state index contributed by atoms with van der Waals surface area (Å²) in [5.74, 6) is -1.19. The standard InChI is InChI=1S/C10H18O6/c1-8(2)7-16-15-6-5-14-10(13)4-3-9(11)12/h8H,3-7H2,1-2H3,(H,11,12). The molecule has 0 unspecified atom stereocenters. The van der Waals surface area contributed by atoms with Crippen molar-refractivity contribution in [3.05, 3.63) is 0 Å². The molecule has 0 saturated carbocycles. The third-order valence-electron chi connectivity index (χ3n) is 1.46. The number of hydrogen-bond acceptors (Lipinski definition) is 5. The van der Waals surface area contributed by atoms with Crippen LogP contribution in [0.3, 0.4) is 0 Å². The predicted molar refractivity (Wildman–Crippen MR) is 54.6 cm³/mol. The zero-order valence-electron chi connectivity index (χ0n) is 9.60. The molecule has 0 radical (unpaired) electrons. The summed E-state index contributed by atoms with van der Waals surface area (Å²) in [4.78, 5) is 30.6. The highest BCUT2D eigenvalue weighted by Gasteiger charge is 2.06. The SMILES string of the molecule is CC(C)COOCCOC(=O)CCC(=O)O. The van der Waals surface area contributed by atoms with Gasteiger partial charge in [0, 0.05) is 0 Å². The summed E-state index contributed by atoms with van der Waals surface area (Å²) in [5, 5.41) is 8.30. The van der Waals surface area contributed by atoms with Crippen molar-refractivity contribution in [2.75, 3.05) is 19.8 Å². The van der Waals surface area contributed by atoms with E-state index in [0.717, 1.165) is 0 Å². The number of carbonyl (C=O) groups excluding carboxylic acids is 1. The molecule has 0 saturated heterocycles. The molecule has 0 aromatic rings. The summed E-state index contributed by atoms with van der Waals surface area (Å²) < 4.78 is 4.69. The van der Waals surface area contributed by atoms with Gasteiger partial charge in [0.15, 0.2) is 0 Å². The van der Waals surface area contributed by atoms with Crippen molar-refractivity contribution in [2.45, 2.75) is 26.7 Å². The Morgan fingerprint density at radius 3 is 2.38 bits per heavy atom. The van der Waals surface area contributed by atoms with E-state index in [-0.39, 0.29) is 26.1 Å². The number of carboxylic acid groups (broad SMARTS) is 1. The van der Waals surface area contributed by atoms with Gasteiger partial charge in [-0.2, -0.15) is 0 Å². The van der Waals surface area contributed by atoms with E-state index in [4.69, 9.17) is 19.6 Å². The van der Waals surface area contributed by atoms with Gasteiger partial charge >= 0.3 is 11.9 Å². The fourth-order valence-corrected chi connectivity index (χ4v) is 0.714. The molecular weight excluding hydrogens is 216 g/mol. The molecule has 0 atom stereocenters. The summed E-state index contributed by atoms with van der Waals surface area (Å²) in [6.07, 6.45) is -0.342. The summed E-state index contributed by atoms with van der Waals surface area (Å²) in [6.45, 7) is 4.65. The largest absolute Gasteiger partial charge is 0.481 e. The highest BCUT2D eigenvalue weighted by Crippen LogP contribution is 1.95. The van der Waals surface area contributed by atoms with Crippen LogP contribution in [0.1, 0.15) is 26.7 Å². The average molecular weight is 234 g/mol. The number of aliphatic carboxylic acids is 1. The second-order valence-corrected chi connectivity index (χ2v) is 3.61. The summed E-state index contributed by atoms with van der Waals surface area (Å²) in [7, 11) is 0. The Labute approximate surface area is 94.4 Å². The zero-order valence-corrected chi connectivity index (χ0v) is 9.60. The van der Waals surface area contributed by atoms with Gasteiger partial charge in [-0.25, -0.2) is 9.78 Å². The number of carboxylic acids is 1. The van der Waals surface area contributed by atoms with Gasteiger partial charge in [0.25, 0.3) is 0 Å². The molecule has 0 heterocycles. The van der Waals surface area contributed by atoms with Gasteiger partial charge in [-0.3, -0.25) is 9.59 Å². The Morgan fingerprint density at radius 2 is 1.81 bits per heavy atom. The van der Waals surface area contributed by atoms with Gasteiger partial charge in [-0.15, -0.1) is 0 Å². The van der Waals surface area contributed by atoms with E-state index < -0.39 is 11.9 Å². The minimum absolute atomic E-state index is 0.0660. The molecule has 0 amide bonds. The number of rotatable bonds is 9. The monoisotopic (exact) mass is 234 g/mol. The van der Waals surface area contributed by atoms with Gasteiger partial charge in [0.1, 0.15) is 13.2 Å². The van der Waals surface area contributed by atoms with Crippen molar-refractivity contribution in [1.82, 2.24) is 0 Å². The minimum atomic E-state index is -1.02. The van der Waals surface area contributed by atoms with Crippen LogP contribution in [-0.4, -0.2) is 36.9 Å². The molecule has 0 rings (SSSR count). The van der Waals surface area contributed by atoms with Crippen LogP contribution in [0.4, 0.5) is 0 Å². The highest BCUT2D eigenvalue weighted by atomic mass is 17.2. The molecule has 94 valence electrons. The number of ether oxygens (including phenoxy) is 1. The maximum atomic E-state index is 10.9. The van der Waals surface area contributed by atoms with Crippen LogP contribution in [0, 0.1) is 5.92 Å². The maximum Gasteiger partial charge on any atom is 0.306 e. The second kappa shape index (κ2) is 9.11. The quantitative estimate of drug-likeness (QED) is 0.277. The maximum absolute atomic E-state index is 10.9. The van der Waals surface area contributed by atoms with Crippen molar-refractivity contribution >= 4 is 11.9 Å². The lowest BCUT2D eigenvalue weighted by Crippen LogP contribution is -2.13. The van der Waals surface area contributed by atoms with Crippen LogP contribution in [0.25, 0.3) is 0 Å². The number of esters is 1. The third kappa shape index (κ3) is 10.9. The predicted octanol–water partition coefficient (Wildman–Crippen LogP) is 0.999. The lowest BCUT2D eigenvalue weighted by Gasteiger charge is -2.06. The van der Waals surface area contributed by atoms with Gasteiger partial charge in [-0.05, 0) is 5.92 Å². The summed E-state index contributed by atoms with van der Waals surface area (Å²) in [6, 6.07) is 0. The molecule has 16 heavy (non-hydrogen) atoms. The van der Waals surface area contributed by atoms with Crippen molar-refractivity contribution in [2.24, 2.45) is 5.92 Å². The van der Waals surface area contributed by atoms with E-state index in [9.17, 15) is 9.59 Å². The lowest BCUT2D eigenvalue weighted by molar-refractivity contribution is -0.303. The van der Waals surface area contributed by atoms with Crippen LogP contribution in [0.2, 0.25) is 0 Å². The molecule has 0 aromatic carbocycles. The van der Waals surface area contributed by atoms with Crippen LogP contribution in [0.5, 0.6) is 0 Å². The van der Waals surface area contributed by atoms with E-state index in [1.165, 1.54) is 0 Å². The normalized spacial score (nSPS) is 10.4. The minimum Gasteiger partial charge on any atom is -0.481 e. The molecule has 6 heteroatoms. The van der Waals surface area contributed by atoms with E-state index >= 15 is 0 Å². The van der Waals surface area contributed by atoms with Crippen LogP contribution in [0.15, 0.2) is 0 Å². The first-order chi connectivity index (χ1) is 7.52. The smallest absolute Gasteiger partial charge is 0.306 e. The Balaban J connectivity index is 3.24. The first-order valence-corrected chi connectivity index (χ1v) is 5.14. The fraction of sp³-hybridized carbons (Fsp3) is 0.800. The van der Waals surface area contributed by atoms with Gasteiger partial charge in [-0.1, -0.05) is 13.8 Å². The molecule has 6 nitrogen and oxygen atoms in total. The molecule has 0 aliphatic carbocycles. The Bertz CT molecular complexity index is 213. The number of carbonyl (C=O) groups is 2. The number of hydrogen-bond donors (Lipinski definition) is 1. The average Bonchev–Trinajstić information content (AvgIpc) is 2.19. The molecule has 0 fully saturated rings. The van der Waals surface area contributed by atoms with Crippen LogP contribution < -0.4 is 0 Å². The van der Waals surface area contributed by atoms with Crippen molar-refractivity contribution in [3.8, 4) is 0 Å². The van der Waals surface area contributed by atoms with E-state index in [1.54, 1.807) is 0 Å². The van der Waals surface area contributed by atoms with Crippen molar-refractivity contribution in [1.29, 1.82) is 0 Å². The van der Waals surface area contributed by atoms with Crippen molar-refractivity contribution in [3.63, 3.8) is 0 Å². The van der Waals surface area contributed by atoms with Gasteiger partial charge in [0.05, 0.1) is 19.4 Å². The van der Waals surface area contributed by atoms with Gasteiger partial charge in [0.2, 0.25) is 0 Å². The molecule has 1 N–H and O–H groups in total. The molecule has 0 aliphatic rings. The molecule has 0 bridgehead atoms. The molecular formula is C10H18O6. The van der Waals surface area contributed by atoms with E-state index in [1.807, 2.05) is 13.8 Å².